The molecule has 0 bridgehead atoms. The van der Waals surface area contributed by atoms with Crippen molar-refractivity contribution in [2.45, 2.75) is 38.8 Å². The number of nitrogens with zero attached hydrogens (tertiary/aromatic N) is 2. The van der Waals surface area contributed by atoms with Crippen molar-refractivity contribution in [1.29, 1.82) is 0 Å². The standard InChI is InChI=1S/C22H24BrN3O4S/c1-2-7-26-21(28)19(31-22(26)29)9-14-12-25(18-6-5-15(23)10-17(14)18)13-20(27)24-11-16-4-3-8-30-16/h5-6,9-10,12,16H,2-4,7-8,11,13H2,1H3,(H,24,27)/b19-9-/t16-/m0/s1. The number of halogens is 1. The van der Waals surface area contributed by atoms with Crippen LogP contribution in [0.2, 0.25) is 0 Å². The number of carbonyl (C=O) groups excluding carboxylic acids is 3. The normalized spacial score (nSPS) is 20.4. The van der Waals surface area contributed by atoms with Gasteiger partial charge < -0.3 is 14.6 Å². The van der Waals surface area contributed by atoms with E-state index in [-0.39, 0.29) is 29.7 Å². The molecule has 2 aromatic rings. The summed E-state index contributed by atoms with van der Waals surface area (Å²) < 4.78 is 8.33. The van der Waals surface area contributed by atoms with Crippen LogP contribution in [0.15, 0.2) is 33.8 Å². The Kier molecular flexibility index (Phi) is 6.83. The van der Waals surface area contributed by atoms with Crippen LogP contribution in [0.1, 0.15) is 31.7 Å². The molecule has 1 atom stereocenters. The van der Waals surface area contributed by atoms with Crippen molar-refractivity contribution in [3.8, 4) is 0 Å². The van der Waals surface area contributed by atoms with E-state index >= 15 is 0 Å². The highest BCUT2D eigenvalue weighted by atomic mass is 79.9. The molecule has 164 valence electrons. The third-order valence-corrected chi connectivity index (χ3v) is 6.75. The average Bonchev–Trinajstić information content (AvgIpc) is 3.43. The van der Waals surface area contributed by atoms with E-state index < -0.39 is 0 Å². The Bertz CT molecular complexity index is 1060. The van der Waals surface area contributed by atoms with E-state index in [9.17, 15) is 14.4 Å². The van der Waals surface area contributed by atoms with Crippen LogP contribution in [0.5, 0.6) is 0 Å². The Morgan fingerprint density at radius 1 is 1.39 bits per heavy atom. The van der Waals surface area contributed by atoms with Crippen molar-refractivity contribution >= 4 is 61.7 Å². The number of rotatable bonds is 7. The molecule has 2 fully saturated rings. The second-order valence-corrected chi connectivity index (χ2v) is 9.56. The van der Waals surface area contributed by atoms with Crippen LogP contribution in [0, 0.1) is 0 Å². The van der Waals surface area contributed by atoms with E-state index in [0.29, 0.717) is 18.0 Å². The first kappa shape index (κ1) is 22.1. The van der Waals surface area contributed by atoms with Gasteiger partial charge in [0.2, 0.25) is 5.91 Å². The van der Waals surface area contributed by atoms with Gasteiger partial charge >= 0.3 is 0 Å². The molecule has 0 radical (unpaired) electrons. The third kappa shape index (κ3) is 4.88. The highest BCUT2D eigenvalue weighted by molar-refractivity contribution is 9.10. The molecule has 1 N–H and O–H groups in total. The quantitative estimate of drug-likeness (QED) is 0.571. The first-order valence-corrected chi connectivity index (χ1v) is 12.0. The predicted molar refractivity (Wildman–Crippen MR) is 125 cm³/mol. The lowest BCUT2D eigenvalue weighted by atomic mass is 10.1. The van der Waals surface area contributed by atoms with Gasteiger partial charge in [0.25, 0.3) is 11.1 Å². The monoisotopic (exact) mass is 505 g/mol. The zero-order valence-corrected chi connectivity index (χ0v) is 19.6. The van der Waals surface area contributed by atoms with Gasteiger partial charge in [-0.3, -0.25) is 19.3 Å². The molecule has 0 spiro atoms. The van der Waals surface area contributed by atoms with Gasteiger partial charge in [0.1, 0.15) is 6.54 Å². The summed E-state index contributed by atoms with van der Waals surface area (Å²) in [5.74, 6) is -0.354. The highest BCUT2D eigenvalue weighted by Crippen LogP contribution is 2.34. The first-order chi connectivity index (χ1) is 15.0. The molecule has 3 amide bonds. The molecular weight excluding hydrogens is 482 g/mol. The second-order valence-electron chi connectivity index (χ2n) is 7.65. The molecule has 2 aliphatic heterocycles. The molecule has 0 unspecified atom stereocenters. The SMILES string of the molecule is CCCN1C(=O)S/C(=C\c2cn(CC(=O)NC[C@@H]3CCCO3)c3ccc(Br)cc23)C1=O. The van der Waals surface area contributed by atoms with E-state index in [1.54, 1.807) is 6.08 Å². The fraction of sp³-hybridized carbons (Fsp3) is 0.409. The smallest absolute Gasteiger partial charge is 0.293 e. The third-order valence-electron chi connectivity index (χ3n) is 5.35. The Hall–Kier alpha value is -2.10. The lowest BCUT2D eigenvalue weighted by Crippen LogP contribution is -2.34. The molecule has 4 rings (SSSR count). The summed E-state index contributed by atoms with van der Waals surface area (Å²) >= 11 is 4.45. The van der Waals surface area contributed by atoms with Gasteiger partial charge in [0.15, 0.2) is 0 Å². The van der Waals surface area contributed by atoms with Gasteiger partial charge in [-0.2, -0.15) is 0 Å². The van der Waals surface area contributed by atoms with Gasteiger partial charge in [0, 0.05) is 46.8 Å². The molecule has 7 nitrogen and oxygen atoms in total. The number of hydrogen-bond acceptors (Lipinski definition) is 5. The Balaban J connectivity index is 1.58. The minimum atomic E-state index is -0.262. The van der Waals surface area contributed by atoms with Crippen molar-refractivity contribution in [2.24, 2.45) is 0 Å². The summed E-state index contributed by atoms with van der Waals surface area (Å²) in [6.45, 7) is 3.78. The van der Waals surface area contributed by atoms with Crippen LogP contribution >= 0.6 is 27.7 Å². The zero-order chi connectivity index (χ0) is 22.0. The van der Waals surface area contributed by atoms with Crippen LogP contribution in [0.25, 0.3) is 17.0 Å². The summed E-state index contributed by atoms with van der Waals surface area (Å²) in [6.07, 6.45) is 6.42. The van der Waals surface area contributed by atoms with E-state index in [0.717, 1.165) is 58.6 Å². The summed E-state index contributed by atoms with van der Waals surface area (Å²) in [4.78, 5) is 39.0. The fourth-order valence-corrected chi connectivity index (χ4v) is 5.06. The van der Waals surface area contributed by atoms with Gasteiger partial charge in [0.05, 0.1) is 11.0 Å². The van der Waals surface area contributed by atoms with Crippen molar-refractivity contribution in [3.63, 3.8) is 0 Å². The lowest BCUT2D eigenvalue weighted by molar-refractivity contribution is -0.123. The zero-order valence-electron chi connectivity index (χ0n) is 17.2. The molecule has 31 heavy (non-hydrogen) atoms. The number of aromatic nitrogens is 1. The molecule has 1 aromatic heterocycles. The fourth-order valence-electron chi connectivity index (χ4n) is 3.84. The molecule has 0 aliphatic carbocycles. The molecule has 0 saturated carbocycles. The molecular formula is C22H24BrN3O4S. The molecule has 2 aliphatic rings. The van der Waals surface area contributed by atoms with Crippen LogP contribution in [-0.2, 0) is 20.9 Å². The summed E-state index contributed by atoms with van der Waals surface area (Å²) in [7, 11) is 0. The number of benzene rings is 1. The van der Waals surface area contributed by atoms with Crippen molar-refractivity contribution in [2.75, 3.05) is 19.7 Å². The van der Waals surface area contributed by atoms with E-state index in [1.165, 1.54) is 4.90 Å². The van der Waals surface area contributed by atoms with Gasteiger partial charge in [-0.1, -0.05) is 22.9 Å². The number of nitrogens with one attached hydrogen (secondary N) is 1. The number of imide groups is 1. The number of ether oxygens (including phenoxy) is 1. The lowest BCUT2D eigenvalue weighted by Gasteiger charge is -2.11. The molecule has 2 saturated heterocycles. The number of hydrogen-bond donors (Lipinski definition) is 1. The largest absolute Gasteiger partial charge is 0.376 e. The van der Waals surface area contributed by atoms with Crippen LogP contribution in [-0.4, -0.2) is 52.3 Å². The molecule has 9 heteroatoms. The average molecular weight is 506 g/mol. The van der Waals surface area contributed by atoms with Gasteiger partial charge in [-0.05, 0) is 55.3 Å². The van der Waals surface area contributed by atoms with Crippen molar-refractivity contribution < 1.29 is 19.1 Å². The van der Waals surface area contributed by atoms with Crippen molar-refractivity contribution in [1.82, 2.24) is 14.8 Å². The second kappa shape index (κ2) is 9.58. The molecule has 3 heterocycles. The summed E-state index contributed by atoms with van der Waals surface area (Å²) in [5, 5.41) is 3.61. The minimum absolute atomic E-state index is 0.0925. The minimum Gasteiger partial charge on any atom is -0.376 e. The highest BCUT2D eigenvalue weighted by Gasteiger charge is 2.34. The number of fused-ring (bicyclic) bond motifs is 1. The predicted octanol–water partition coefficient (Wildman–Crippen LogP) is 4.15. The first-order valence-electron chi connectivity index (χ1n) is 10.4. The van der Waals surface area contributed by atoms with Crippen LogP contribution < -0.4 is 5.32 Å². The summed E-state index contributed by atoms with van der Waals surface area (Å²) in [5.41, 5.74) is 1.68. The van der Waals surface area contributed by atoms with Gasteiger partial charge in [-0.25, -0.2) is 0 Å². The maximum Gasteiger partial charge on any atom is 0.293 e. The number of carbonyl (C=O) groups is 3. The van der Waals surface area contributed by atoms with E-state index in [1.807, 2.05) is 35.9 Å². The van der Waals surface area contributed by atoms with E-state index in [2.05, 4.69) is 21.2 Å². The molecule has 1 aromatic carbocycles. The Morgan fingerprint density at radius 3 is 2.97 bits per heavy atom. The maximum atomic E-state index is 12.6. The van der Waals surface area contributed by atoms with Gasteiger partial charge in [-0.15, -0.1) is 0 Å². The summed E-state index contributed by atoms with van der Waals surface area (Å²) in [6, 6.07) is 5.81. The van der Waals surface area contributed by atoms with Crippen molar-refractivity contribution in [3.05, 3.63) is 39.3 Å². The Labute approximate surface area is 193 Å². The Morgan fingerprint density at radius 2 is 2.23 bits per heavy atom. The topological polar surface area (TPSA) is 80.6 Å². The number of thioether (sulfide) groups is 1. The number of amides is 3. The van der Waals surface area contributed by atoms with E-state index in [4.69, 9.17) is 4.74 Å². The van der Waals surface area contributed by atoms with Crippen LogP contribution in [0.4, 0.5) is 4.79 Å². The van der Waals surface area contributed by atoms with Crippen LogP contribution in [0.3, 0.4) is 0 Å². The maximum absolute atomic E-state index is 12.6.